The summed E-state index contributed by atoms with van der Waals surface area (Å²) < 4.78 is 0. The Kier molecular flexibility index (Phi) is 13.1. The number of fused-ring (bicyclic) bond motifs is 3. The number of hydrogen-bond acceptors (Lipinski definition) is 2. The van der Waals surface area contributed by atoms with E-state index in [1.807, 2.05) is 12.1 Å². The SMILES string of the molecule is CCCCCCCCCCC1(CCCCCCCCCC)c2cc(Cl)ccc2-c2ccc(B(O)O)cc21. The van der Waals surface area contributed by atoms with E-state index in [-0.39, 0.29) is 5.41 Å². The van der Waals surface area contributed by atoms with E-state index in [4.69, 9.17) is 11.6 Å². The Morgan fingerprint density at radius 1 is 0.595 bits per heavy atom. The Balaban J connectivity index is 1.77. The van der Waals surface area contributed by atoms with Gasteiger partial charge in [0.15, 0.2) is 0 Å². The highest BCUT2D eigenvalue weighted by molar-refractivity contribution is 6.58. The van der Waals surface area contributed by atoms with Crippen molar-refractivity contribution in [1.82, 2.24) is 0 Å². The van der Waals surface area contributed by atoms with Crippen molar-refractivity contribution in [3.8, 4) is 11.1 Å². The van der Waals surface area contributed by atoms with Crippen molar-refractivity contribution in [2.24, 2.45) is 0 Å². The topological polar surface area (TPSA) is 40.5 Å². The maximum absolute atomic E-state index is 9.99. The first-order chi connectivity index (χ1) is 18.0. The van der Waals surface area contributed by atoms with Crippen LogP contribution in [0.4, 0.5) is 0 Å². The monoisotopic (exact) mass is 524 g/mol. The van der Waals surface area contributed by atoms with Gasteiger partial charge in [0.2, 0.25) is 0 Å². The van der Waals surface area contributed by atoms with Gasteiger partial charge in [0.1, 0.15) is 0 Å². The molecule has 2 N–H and O–H groups in total. The van der Waals surface area contributed by atoms with Crippen molar-refractivity contribution in [2.45, 2.75) is 135 Å². The average Bonchev–Trinajstić information content (AvgIpc) is 3.15. The van der Waals surface area contributed by atoms with Crippen LogP contribution in [0.2, 0.25) is 5.02 Å². The maximum atomic E-state index is 9.99. The molecule has 2 aromatic rings. The van der Waals surface area contributed by atoms with Gasteiger partial charge in [-0.3, -0.25) is 0 Å². The molecule has 0 bridgehead atoms. The third-order valence-corrected chi connectivity index (χ3v) is 8.79. The molecule has 0 fully saturated rings. The summed E-state index contributed by atoms with van der Waals surface area (Å²) in [5.74, 6) is 0. The van der Waals surface area contributed by atoms with E-state index < -0.39 is 7.12 Å². The first-order valence-corrected chi connectivity index (χ1v) is 15.7. The van der Waals surface area contributed by atoms with E-state index in [9.17, 15) is 10.0 Å². The first kappa shape index (κ1) is 30.3. The second kappa shape index (κ2) is 16.0. The Bertz CT molecular complexity index is 922. The predicted molar refractivity (Wildman–Crippen MR) is 162 cm³/mol. The second-order valence-electron chi connectivity index (χ2n) is 11.4. The molecule has 204 valence electrons. The lowest BCUT2D eigenvalue weighted by Crippen LogP contribution is -2.32. The molecular formula is C33H50BClO2. The van der Waals surface area contributed by atoms with E-state index in [0.717, 1.165) is 17.9 Å². The van der Waals surface area contributed by atoms with Crippen LogP contribution >= 0.6 is 11.6 Å². The fraction of sp³-hybridized carbons (Fsp3) is 0.636. The molecule has 0 heterocycles. The van der Waals surface area contributed by atoms with Crippen LogP contribution in [-0.2, 0) is 5.41 Å². The van der Waals surface area contributed by atoms with Crippen LogP contribution in [0.5, 0.6) is 0 Å². The molecule has 0 aromatic heterocycles. The van der Waals surface area contributed by atoms with Gasteiger partial charge >= 0.3 is 7.12 Å². The molecule has 0 atom stereocenters. The first-order valence-electron chi connectivity index (χ1n) is 15.3. The van der Waals surface area contributed by atoms with Crippen LogP contribution in [0, 0.1) is 0 Å². The van der Waals surface area contributed by atoms with Crippen molar-refractivity contribution in [3.63, 3.8) is 0 Å². The number of rotatable bonds is 19. The minimum absolute atomic E-state index is 0.0924. The van der Waals surface area contributed by atoms with Crippen molar-refractivity contribution >= 4 is 24.2 Å². The third-order valence-electron chi connectivity index (χ3n) is 8.56. The van der Waals surface area contributed by atoms with Gasteiger partial charge in [0, 0.05) is 10.4 Å². The lowest BCUT2D eigenvalue weighted by Gasteiger charge is -2.33. The summed E-state index contributed by atoms with van der Waals surface area (Å²) in [6, 6.07) is 12.4. The lowest BCUT2D eigenvalue weighted by molar-refractivity contribution is 0.396. The van der Waals surface area contributed by atoms with E-state index in [1.54, 1.807) is 0 Å². The summed E-state index contributed by atoms with van der Waals surface area (Å²) in [5.41, 5.74) is 5.65. The van der Waals surface area contributed by atoms with Crippen molar-refractivity contribution in [2.75, 3.05) is 0 Å². The van der Waals surface area contributed by atoms with Gasteiger partial charge in [0.25, 0.3) is 0 Å². The fourth-order valence-corrected chi connectivity index (χ4v) is 6.60. The lowest BCUT2D eigenvalue weighted by atomic mass is 9.68. The molecule has 1 aliphatic rings. The summed E-state index contributed by atoms with van der Waals surface area (Å²) in [6.07, 6.45) is 23.2. The molecule has 2 nitrogen and oxygen atoms in total. The molecule has 0 saturated carbocycles. The molecular weight excluding hydrogens is 475 g/mol. The molecule has 0 radical (unpaired) electrons. The van der Waals surface area contributed by atoms with Crippen LogP contribution in [0.1, 0.15) is 141 Å². The highest BCUT2D eigenvalue weighted by atomic mass is 35.5. The Hall–Kier alpha value is -1.29. The molecule has 1 aliphatic carbocycles. The number of unbranched alkanes of at least 4 members (excludes halogenated alkanes) is 14. The Morgan fingerprint density at radius 3 is 1.51 bits per heavy atom. The zero-order chi connectivity index (χ0) is 26.5. The van der Waals surface area contributed by atoms with Crippen LogP contribution in [0.3, 0.4) is 0 Å². The minimum Gasteiger partial charge on any atom is -0.423 e. The molecule has 37 heavy (non-hydrogen) atoms. The highest BCUT2D eigenvalue weighted by Crippen LogP contribution is 2.54. The van der Waals surface area contributed by atoms with Gasteiger partial charge in [-0.15, -0.1) is 0 Å². The van der Waals surface area contributed by atoms with Crippen molar-refractivity contribution in [1.29, 1.82) is 0 Å². The predicted octanol–water partition coefficient (Wildman–Crippen LogP) is 9.35. The van der Waals surface area contributed by atoms with Crippen LogP contribution in [0.15, 0.2) is 36.4 Å². The Morgan fingerprint density at radius 2 is 1.03 bits per heavy atom. The number of hydrogen-bond donors (Lipinski definition) is 2. The van der Waals surface area contributed by atoms with Crippen molar-refractivity contribution in [3.05, 3.63) is 52.5 Å². The van der Waals surface area contributed by atoms with Gasteiger partial charge in [-0.25, -0.2) is 0 Å². The fourth-order valence-electron chi connectivity index (χ4n) is 6.43. The number of halogens is 1. The van der Waals surface area contributed by atoms with E-state index in [0.29, 0.717) is 5.46 Å². The zero-order valence-electron chi connectivity index (χ0n) is 23.5. The molecule has 0 aliphatic heterocycles. The summed E-state index contributed by atoms with van der Waals surface area (Å²) in [7, 11) is -1.44. The van der Waals surface area contributed by atoms with Gasteiger partial charge in [-0.05, 0) is 52.7 Å². The average molecular weight is 525 g/mol. The van der Waals surface area contributed by atoms with E-state index in [2.05, 4.69) is 38.1 Å². The smallest absolute Gasteiger partial charge is 0.423 e. The molecule has 0 unspecified atom stereocenters. The van der Waals surface area contributed by atoms with Gasteiger partial charge in [-0.1, -0.05) is 152 Å². The van der Waals surface area contributed by atoms with Crippen LogP contribution in [0.25, 0.3) is 11.1 Å². The minimum atomic E-state index is -1.44. The standard InChI is InChI=1S/C33H50BClO2/c1-3-5-7-9-11-13-15-17-23-33(24-18-16-14-12-10-8-6-4-2)31-25-27(34(36)37)19-21-29(31)30-22-20-28(35)26-32(30)33/h19-22,25-26,36-37H,3-18,23-24H2,1-2H3. The largest absolute Gasteiger partial charge is 0.488 e. The van der Waals surface area contributed by atoms with Crippen molar-refractivity contribution < 1.29 is 10.0 Å². The normalized spacial score (nSPS) is 13.5. The summed E-state index contributed by atoms with van der Waals surface area (Å²) in [5, 5.41) is 20.8. The molecule has 0 spiro atoms. The molecule has 0 saturated heterocycles. The van der Waals surface area contributed by atoms with Crippen LogP contribution < -0.4 is 5.46 Å². The number of benzene rings is 2. The molecule has 2 aromatic carbocycles. The third kappa shape index (κ3) is 8.35. The second-order valence-corrected chi connectivity index (χ2v) is 11.8. The highest BCUT2D eigenvalue weighted by Gasteiger charge is 2.42. The van der Waals surface area contributed by atoms with Gasteiger partial charge in [0.05, 0.1) is 0 Å². The van der Waals surface area contributed by atoms with Crippen LogP contribution in [-0.4, -0.2) is 17.2 Å². The molecule has 4 heteroatoms. The van der Waals surface area contributed by atoms with E-state index in [1.165, 1.54) is 125 Å². The quantitative estimate of drug-likeness (QED) is 0.142. The van der Waals surface area contributed by atoms with E-state index >= 15 is 0 Å². The molecule has 0 amide bonds. The van der Waals surface area contributed by atoms with Gasteiger partial charge in [-0.2, -0.15) is 0 Å². The Labute approximate surface area is 232 Å². The molecule has 3 rings (SSSR count). The van der Waals surface area contributed by atoms with Gasteiger partial charge < -0.3 is 10.0 Å². The zero-order valence-corrected chi connectivity index (χ0v) is 24.3. The maximum Gasteiger partial charge on any atom is 0.488 e. The summed E-state index contributed by atoms with van der Waals surface area (Å²) in [4.78, 5) is 0. The summed E-state index contributed by atoms with van der Waals surface area (Å²) >= 11 is 6.58. The summed E-state index contributed by atoms with van der Waals surface area (Å²) in [6.45, 7) is 4.55.